The molecular weight excluding hydrogens is 322 g/mol. The molecule has 138 valence electrons. The van der Waals surface area contributed by atoms with Gasteiger partial charge in [-0.3, -0.25) is 4.68 Å². The number of aryl methyl sites for hydroxylation is 1. The molecular formula is C22H29N3O. The van der Waals surface area contributed by atoms with Gasteiger partial charge in [0.2, 0.25) is 0 Å². The molecule has 0 aliphatic carbocycles. The highest BCUT2D eigenvalue weighted by molar-refractivity contribution is 5.81. The van der Waals surface area contributed by atoms with Crippen molar-refractivity contribution in [2.75, 3.05) is 20.7 Å². The van der Waals surface area contributed by atoms with Gasteiger partial charge in [0.15, 0.2) is 0 Å². The van der Waals surface area contributed by atoms with E-state index in [0.717, 1.165) is 31.8 Å². The van der Waals surface area contributed by atoms with Crippen molar-refractivity contribution >= 4 is 10.9 Å². The van der Waals surface area contributed by atoms with Crippen LogP contribution in [-0.2, 0) is 19.5 Å². The highest BCUT2D eigenvalue weighted by Gasteiger charge is 2.13. The Morgan fingerprint density at radius 3 is 2.54 bits per heavy atom. The van der Waals surface area contributed by atoms with Crippen LogP contribution in [0.4, 0.5) is 0 Å². The Morgan fingerprint density at radius 2 is 1.85 bits per heavy atom. The third kappa shape index (κ3) is 4.25. The summed E-state index contributed by atoms with van der Waals surface area (Å²) >= 11 is 0. The minimum Gasteiger partial charge on any atom is -0.497 e. The molecule has 4 heteroatoms. The number of ether oxygens (including phenoxy) is 1. The fourth-order valence-corrected chi connectivity index (χ4v) is 3.63. The summed E-state index contributed by atoms with van der Waals surface area (Å²) in [6.07, 6.45) is 1.07. The second kappa shape index (κ2) is 8.37. The molecule has 26 heavy (non-hydrogen) atoms. The lowest BCUT2D eigenvalue weighted by Gasteiger charge is -2.21. The van der Waals surface area contributed by atoms with E-state index >= 15 is 0 Å². The molecule has 0 bridgehead atoms. The van der Waals surface area contributed by atoms with Gasteiger partial charge in [-0.05, 0) is 50.1 Å². The molecule has 0 saturated carbocycles. The normalized spacial score (nSPS) is 12.7. The Balaban J connectivity index is 1.62. The lowest BCUT2D eigenvalue weighted by atomic mass is 10.0. The Kier molecular flexibility index (Phi) is 5.94. The second-order valence-electron chi connectivity index (χ2n) is 7.13. The number of benzene rings is 2. The molecule has 3 aromatic rings. The molecule has 0 spiro atoms. The topological polar surface area (TPSA) is 30.3 Å². The molecule has 1 atom stereocenters. The molecule has 1 aromatic heterocycles. The molecule has 3 rings (SSSR count). The summed E-state index contributed by atoms with van der Waals surface area (Å²) in [5, 5.41) is 6.09. The fraction of sp³-hybridized carbons (Fsp3) is 0.409. The predicted molar refractivity (Wildman–Crippen MR) is 108 cm³/mol. The summed E-state index contributed by atoms with van der Waals surface area (Å²) in [6.45, 7) is 7.27. The molecule has 0 saturated heterocycles. The lowest BCUT2D eigenvalue weighted by molar-refractivity contribution is 0.275. The van der Waals surface area contributed by atoms with Gasteiger partial charge in [-0.1, -0.05) is 37.3 Å². The Labute approximate surface area is 156 Å². The van der Waals surface area contributed by atoms with E-state index in [0.29, 0.717) is 5.92 Å². The Morgan fingerprint density at radius 1 is 1.12 bits per heavy atom. The van der Waals surface area contributed by atoms with Gasteiger partial charge in [0.25, 0.3) is 0 Å². The molecule has 1 unspecified atom stereocenters. The predicted octanol–water partition coefficient (Wildman–Crippen LogP) is 4.38. The third-order valence-electron chi connectivity index (χ3n) is 4.82. The molecule has 4 nitrogen and oxygen atoms in total. The van der Waals surface area contributed by atoms with Crippen LogP contribution >= 0.6 is 0 Å². The number of hydrogen-bond donors (Lipinski definition) is 0. The quantitative estimate of drug-likeness (QED) is 0.603. The van der Waals surface area contributed by atoms with E-state index in [-0.39, 0.29) is 0 Å². The van der Waals surface area contributed by atoms with Crippen molar-refractivity contribution in [3.05, 3.63) is 59.8 Å². The number of rotatable bonds is 8. The van der Waals surface area contributed by atoms with E-state index in [1.807, 2.05) is 12.1 Å². The number of hydrogen-bond acceptors (Lipinski definition) is 3. The Bertz CT molecular complexity index is 838. The van der Waals surface area contributed by atoms with E-state index in [9.17, 15) is 0 Å². The monoisotopic (exact) mass is 351 g/mol. The Hall–Kier alpha value is -2.33. The number of nitrogens with zero attached hydrogens (tertiary/aromatic N) is 3. The first kappa shape index (κ1) is 18.5. The number of para-hydroxylation sites is 1. The minimum absolute atomic E-state index is 0.577. The second-order valence-corrected chi connectivity index (χ2v) is 7.13. The molecule has 0 N–H and O–H groups in total. The van der Waals surface area contributed by atoms with Gasteiger partial charge in [-0.25, -0.2) is 0 Å². The zero-order chi connectivity index (χ0) is 18.5. The van der Waals surface area contributed by atoms with Crippen molar-refractivity contribution in [1.82, 2.24) is 14.7 Å². The number of fused-ring (bicyclic) bond motifs is 1. The molecule has 0 radical (unpaired) electrons. The maximum Gasteiger partial charge on any atom is 0.118 e. The lowest BCUT2D eigenvalue weighted by Crippen LogP contribution is -2.25. The average molecular weight is 351 g/mol. The maximum atomic E-state index is 5.23. The van der Waals surface area contributed by atoms with Crippen LogP contribution < -0.4 is 4.74 Å². The smallest absolute Gasteiger partial charge is 0.118 e. The van der Waals surface area contributed by atoms with Gasteiger partial charge in [0.1, 0.15) is 5.75 Å². The number of aromatic nitrogens is 2. The van der Waals surface area contributed by atoms with Gasteiger partial charge in [0.05, 0.1) is 18.3 Å². The van der Waals surface area contributed by atoms with Crippen LogP contribution in [0.15, 0.2) is 48.5 Å². The SMILES string of the molecule is CCn1nc(CN(C)CC(C)Cc2ccc(OC)cc2)c2ccccc21. The summed E-state index contributed by atoms with van der Waals surface area (Å²) in [5.74, 6) is 1.49. The van der Waals surface area contributed by atoms with Crippen LogP contribution in [-0.4, -0.2) is 35.4 Å². The van der Waals surface area contributed by atoms with Crippen LogP contribution in [0.2, 0.25) is 0 Å². The van der Waals surface area contributed by atoms with Crippen LogP contribution in [0.25, 0.3) is 10.9 Å². The minimum atomic E-state index is 0.577. The standard InChI is InChI=1S/C22H29N3O/c1-5-25-22-9-7-6-8-20(22)21(23-25)16-24(3)15-17(2)14-18-10-12-19(26-4)13-11-18/h6-13,17H,5,14-16H2,1-4H3. The molecule has 0 amide bonds. The molecule has 0 aliphatic heterocycles. The van der Waals surface area contributed by atoms with Crippen molar-refractivity contribution < 1.29 is 4.74 Å². The van der Waals surface area contributed by atoms with Gasteiger partial charge in [-0.2, -0.15) is 5.10 Å². The summed E-state index contributed by atoms with van der Waals surface area (Å²) in [5.41, 5.74) is 3.75. The first-order chi connectivity index (χ1) is 12.6. The summed E-state index contributed by atoms with van der Waals surface area (Å²) in [7, 11) is 3.89. The van der Waals surface area contributed by atoms with E-state index < -0.39 is 0 Å². The fourth-order valence-electron chi connectivity index (χ4n) is 3.63. The van der Waals surface area contributed by atoms with E-state index in [2.05, 4.69) is 66.9 Å². The van der Waals surface area contributed by atoms with E-state index in [1.165, 1.54) is 22.2 Å². The summed E-state index contributed by atoms with van der Waals surface area (Å²) in [4.78, 5) is 2.38. The van der Waals surface area contributed by atoms with Crippen molar-refractivity contribution in [1.29, 1.82) is 0 Å². The van der Waals surface area contributed by atoms with Crippen LogP contribution in [0.1, 0.15) is 25.1 Å². The van der Waals surface area contributed by atoms with Gasteiger partial charge < -0.3 is 9.64 Å². The molecule has 1 heterocycles. The maximum absolute atomic E-state index is 5.23. The van der Waals surface area contributed by atoms with Crippen molar-refractivity contribution in [3.63, 3.8) is 0 Å². The largest absolute Gasteiger partial charge is 0.497 e. The van der Waals surface area contributed by atoms with Crippen molar-refractivity contribution in [2.24, 2.45) is 5.92 Å². The van der Waals surface area contributed by atoms with Crippen LogP contribution in [0.5, 0.6) is 5.75 Å². The van der Waals surface area contributed by atoms with Crippen molar-refractivity contribution in [3.8, 4) is 5.75 Å². The highest BCUT2D eigenvalue weighted by Crippen LogP contribution is 2.20. The van der Waals surface area contributed by atoms with E-state index in [4.69, 9.17) is 9.84 Å². The van der Waals surface area contributed by atoms with E-state index in [1.54, 1.807) is 7.11 Å². The molecule has 0 aliphatic rings. The highest BCUT2D eigenvalue weighted by atomic mass is 16.5. The first-order valence-electron chi connectivity index (χ1n) is 9.36. The molecule has 0 fully saturated rings. The van der Waals surface area contributed by atoms with Crippen LogP contribution in [0.3, 0.4) is 0 Å². The van der Waals surface area contributed by atoms with Crippen LogP contribution in [0, 0.1) is 5.92 Å². The molecule has 2 aromatic carbocycles. The summed E-state index contributed by atoms with van der Waals surface area (Å²) in [6, 6.07) is 16.9. The van der Waals surface area contributed by atoms with Gasteiger partial charge in [0, 0.05) is 25.0 Å². The third-order valence-corrected chi connectivity index (χ3v) is 4.82. The summed E-state index contributed by atoms with van der Waals surface area (Å²) < 4.78 is 7.33. The first-order valence-corrected chi connectivity index (χ1v) is 9.36. The number of methoxy groups -OCH3 is 1. The van der Waals surface area contributed by atoms with Crippen molar-refractivity contribution in [2.45, 2.75) is 33.4 Å². The zero-order valence-electron chi connectivity index (χ0n) is 16.3. The average Bonchev–Trinajstić information content (AvgIpc) is 3.00. The van der Waals surface area contributed by atoms with Gasteiger partial charge in [-0.15, -0.1) is 0 Å². The zero-order valence-corrected chi connectivity index (χ0v) is 16.3. The van der Waals surface area contributed by atoms with Gasteiger partial charge >= 0.3 is 0 Å².